The Morgan fingerprint density at radius 1 is 0.769 bits per heavy atom. The fraction of sp³-hybridized carbons (Fsp3) is 0.800. The fourth-order valence-electron chi connectivity index (χ4n) is 3.03. The molecule has 0 amide bonds. The first kappa shape index (κ1) is 25.1. The minimum atomic E-state index is -4.67. The molecule has 0 saturated carbocycles. The lowest BCUT2D eigenvalue weighted by Gasteiger charge is -2.03. The van der Waals surface area contributed by atoms with E-state index in [4.69, 9.17) is 17.5 Å². The van der Waals surface area contributed by atoms with Gasteiger partial charge in [0.15, 0.2) is 0 Å². The molecular formula is C20H39NO4S. The number of nitrogens with one attached hydrogen (secondary N) is 1. The monoisotopic (exact) mass is 389 g/mol. The van der Waals surface area contributed by atoms with Crippen LogP contribution >= 0.6 is 0 Å². The molecule has 5 nitrogen and oxygen atoms in total. The van der Waals surface area contributed by atoms with Gasteiger partial charge in [-0.2, -0.15) is 8.42 Å². The third-order valence-electron chi connectivity index (χ3n) is 4.46. The Morgan fingerprint density at radius 3 is 1.50 bits per heavy atom. The van der Waals surface area contributed by atoms with Gasteiger partial charge in [-0.1, -0.05) is 90.4 Å². The van der Waals surface area contributed by atoms with Crippen LogP contribution in [-0.2, 0) is 16.8 Å². The fourth-order valence-corrected chi connectivity index (χ4v) is 3.03. The SMILES string of the molecule is CCCCCCCCCCCCCCCCc1ccc[nH]1.O=S(=O)(O)O. The van der Waals surface area contributed by atoms with E-state index >= 15 is 0 Å². The second-order valence-electron chi connectivity index (χ2n) is 6.99. The number of unbranched alkanes of at least 4 members (excludes halogenated alkanes) is 13. The summed E-state index contributed by atoms with van der Waals surface area (Å²) in [4.78, 5) is 3.28. The normalized spacial score (nSPS) is 11.2. The molecule has 3 N–H and O–H groups in total. The van der Waals surface area contributed by atoms with Crippen molar-refractivity contribution in [1.29, 1.82) is 0 Å². The Morgan fingerprint density at radius 2 is 1.15 bits per heavy atom. The molecule has 0 radical (unpaired) electrons. The van der Waals surface area contributed by atoms with Crippen LogP contribution in [0.2, 0.25) is 0 Å². The average Bonchev–Trinajstić information content (AvgIpc) is 3.07. The molecule has 0 saturated heterocycles. The Bertz CT molecular complexity index is 478. The highest BCUT2D eigenvalue weighted by Gasteiger charge is 1.95. The molecule has 0 aromatic carbocycles. The highest BCUT2D eigenvalue weighted by molar-refractivity contribution is 7.79. The van der Waals surface area contributed by atoms with Crippen molar-refractivity contribution in [3.8, 4) is 0 Å². The molecule has 0 aliphatic carbocycles. The molecule has 26 heavy (non-hydrogen) atoms. The molecule has 1 rings (SSSR count). The maximum absolute atomic E-state index is 8.74. The second-order valence-corrected chi connectivity index (χ2v) is 7.89. The third-order valence-corrected chi connectivity index (χ3v) is 4.46. The van der Waals surface area contributed by atoms with E-state index in [-0.39, 0.29) is 0 Å². The first-order chi connectivity index (χ1) is 12.4. The van der Waals surface area contributed by atoms with Crippen molar-refractivity contribution in [2.75, 3.05) is 0 Å². The van der Waals surface area contributed by atoms with E-state index in [0.29, 0.717) is 0 Å². The molecule has 1 aromatic heterocycles. The van der Waals surface area contributed by atoms with E-state index in [2.05, 4.69) is 24.0 Å². The number of H-pyrrole nitrogens is 1. The minimum absolute atomic E-state index is 1.23. The minimum Gasteiger partial charge on any atom is -0.365 e. The summed E-state index contributed by atoms with van der Waals surface area (Å²) in [7, 11) is -4.67. The second kappa shape index (κ2) is 17.6. The van der Waals surface area contributed by atoms with Crippen molar-refractivity contribution in [1.82, 2.24) is 4.98 Å². The van der Waals surface area contributed by atoms with Gasteiger partial charge >= 0.3 is 10.4 Å². The standard InChI is InChI=1S/C20H37N.H2O4S/c1-2-3-4-5-6-7-8-9-10-11-12-13-14-15-17-20-18-16-19-21-20;1-5(2,3)4/h16,18-19,21H,2-15,17H2,1H3;(H2,1,2,3,4). The zero-order chi connectivity index (χ0) is 19.5. The number of hydrogen-bond donors (Lipinski definition) is 3. The van der Waals surface area contributed by atoms with Gasteiger partial charge in [-0.05, 0) is 25.0 Å². The quantitative estimate of drug-likeness (QED) is 0.239. The van der Waals surface area contributed by atoms with Gasteiger partial charge in [0, 0.05) is 11.9 Å². The van der Waals surface area contributed by atoms with Gasteiger partial charge in [-0.3, -0.25) is 9.11 Å². The van der Waals surface area contributed by atoms with Crippen LogP contribution < -0.4 is 0 Å². The number of hydrogen-bond acceptors (Lipinski definition) is 2. The first-order valence-corrected chi connectivity index (χ1v) is 11.7. The molecule has 0 bridgehead atoms. The van der Waals surface area contributed by atoms with Crippen LogP contribution in [0.1, 0.15) is 103 Å². The van der Waals surface area contributed by atoms with E-state index in [1.165, 1.54) is 102 Å². The van der Waals surface area contributed by atoms with Gasteiger partial charge in [0.1, 0.15) is 0 Å². The van der Waals surface area contributed by atoms with Crippen LogP contribution in [0.4, 0.5) is 0 Å². The summed E-state index contributed by atoms with van der Waals surface area (Å²) < 4.78 is 31.6. The van der Waals surface area contributed by atoms with Crippen LogP contribution in [0.25, 0.3) is 0 Å². The Balaban J connectivity index is 0.00000110. The average molecular weight is 390 g/mol. The van der Waals surface area contributed by atoms with Gasteiger partial charge < -0.3 is 4.98 Å². The number of aryl methyl sites for hydroxylation is 1. The molecule has 0 atom stereocenters. The molecule has 154 valence electrons. The van der Waals surface area contributed by atoms with Crippen molar-refractivity contribution < 1.29 is 17.5 Å². The predicted octanol–water partition coefficient (Wildman–Crippen LogP) is 6.39. The summed E-state index contributed by atoms with van der Waals surface area (Å²) in [5.74, 6) is 0. The van der Waals surface area contributed by atoms with Gasteiger partial charge in [0.25, 0.3) is 0 Å². The van der Waals surface area contributed by atoms with E-state index in [1.807, 2.05) is 6.20 Å². The Labute approximate surface area is 160 Å². The molecule has 0 aliphatic heterocycles. The van der Waals surface area contributed by atoms with E-state index < -0.39 is 10.4 Å². The Kier molecular flexibility index (Phi) is 17.0. The maximum atomic E-state index is 8.74. The lowest BCUT2D eigenvalue weighted by atomic mass is 10.0. The highest BCUT2D eigenvalue weighted by Crippen LogP contribution is 2.13. The summed E-state index contributed by atoms with van der Waals surface area (Å²) >= 11 is 0. The molecule has 0 unspecified atom stereocenters. The highest BCUT2D eigenvalue weighted by atomic mass is 32.3. The molecule has 0 fully saturated rings. The molecule has 0 spiro atoms. The zero-order valence-electron chi connectivity index (χ0n) is 16.5. The third kappa shape index (κ3) is 23.1. The van der Waals surface area contributed by atoms with Gasteiger partial charge in [0.2, 0.25) is 0 Å². The summed E-state index contributed by atoms with van der Waals surface area (Å²) in [6.45, 7) is 2.29. The molecule has 1 aromatic rings. The van der Waals surface area contributed by atoms with Crippen molar-refractivity contribution in [3.63, 3.8) is 0 Å². The first-order valence-electron chi connectivity index (χ1n) is 10.3. The number of rotatable bonds is 15. The number of aromatic amines is 1. The van der Waals surface area contributed by atoms with Crippen LogP contribution in [0, 0.1) is 0 Å². The maximum Gasteiger partial charge on any atom is 0.394 e. The van der Waals surface area contributed by atoms with Crippen LogP contribution in [0.3, 0.4) is 0 Å². The summed E-state index contributed by atoms with van der Waals surface area (Å²) in [6, 6.07) is 4.29. The van der Waals surface area contributed by atoms with Gasteiger partial charge in [-0.15, -0.1) is 0 Å². The van der Waals surface area contributed by atoms with Gasteiger partial charge in [-0.25, -0.2) is 0 Å². The van der Waals surface area contributed by atoms with E-state index in [9.17, 15) is 0 Å². The van der Waals surface area contributed by atoms with Crippen molar-refractivity contribution in [2.24, 2.45) is 0 Å². The van der Waals surface area contributed by atoms with Crippen LogP contribution in [-0.4, -0.2) is 22.5 Å². The zero-order valence-corrected chi connectivity index (χ0v) is 17.3. The smallest absolute Gasteiger partial charge is 0.365 e. The summed E-state index contributed by atoms with van der Waals surface area (Å²) in [6.07, 6.45) is 23.4. The lowest BCUT2D eigenvalue weighted by molar-refractivity contribution is 0.381. The van der Waals surface area contributed by atoms with Crippen LogP contribution in [0.5, 0.6) is 0 Å². The summed E-state index contributed by atoms with van der Waals surface area (Å²) in [5.41, 5.74) is 1.40. The predicted molar refractivity (Wildman–Crippen MR) is 109 cm³/mol. The van der Waals surface area contributed by atoms with Crippen LogP contribution in [0.15, 0.2) is 18.3 Å². The Hall–Kier alpha value is -0.850. The largest absolute Gasteiger partial charge is 0.394 e. The van der Waals surface area contributed by atoms with Crippen molar-refractivity contribution in [2.45, 2.75) is 103 Å². The van der Waals surface area contributed by atoms with Gasteiger partial charge in [0.05, 0.1) is 0 Å². The topological polar surface area (TPSA) is 90.4 Å². The van der Waals surface area contributed by atoms with E-state index in [1.54, 1.807) is 0 Å². The van der Waals surface area contributed by atoms with Crippen molar-refractivity contribution in [3.05, 3.63) is 24.0 Å². The van der Waals surface area contributed by atoms with Crippen molar-refractivity contribution >= 4 is 10.4 Å². The lowest BCUT2D eigenvalue weighted by Crippen LogP contribution is -1.89. The molecule has 1 heterocycles. The molecular weight excluding hydrogens is 350 g/mol. The summed E-state index contributed by atoms with van der Waals surface area (Å²) in [5, 5.41) is 0. The molecule has 0 aliphatic rings. The number of aromatic nitrogens is 1. The van der Waals surface area contributed by atoms with E-state index in [0.717, 1.165) is 0 Å². The molecule has 6 heteroatoms.